The van der Waals surface area contributed by atoms with Crippen LogP contribution in [0.4, 0.5) is 11.6 Å². The lowest BCUT2D eigenvalue weighted by molar-refractivity contribution is 0.402. The van der Waals surface area contributed by atoms with Gasteiger partial charge in [-0.2, -0.15) is 0 Å². The minimum absolute atomic E-state index is 0.761. The maximum Gasteiger partial charge on any atom is 0.134 e. The van der Waals surface area contributed by atoms with Crippen molar-refractivity contribution in [2.45, 2.75) is 32.7 Å². The summed E-state index contributed by atoms with van der Waals surface area (Å²) < 4.78 is 0. The molecule has 0 atom stereocenters. The highest BCUT2D eigenvalue weighted by Gasteiger charge is 2.21. The van der Waals surface area contributed by atoms with Crippen LogP contribution >= 0.6 is 0 Å². The van der Waals surface area contributed by atoms with Gasteiger partial charge in [-0.05, 0) is 43.2 Å². The van der Waals surface area contributed by atoms with E-state index >= 15 is 0 Å². The van der Waals surface area contributed by atoms with Crippen molar-refractivity contribution in [1.29, 1.82) is 0 Å². The Bertz CT molecular complexity index is 872. The molecule has 4 nitrogen and oxygen atoms in total. The van der Waals surface area contributed by atoms with E-state index in [1.54, 1.807) is 0 Å². The quantitative estimate of drug-likeness (QED) is 0.671. The van der Waals surface area contributed by atoms with E-state index in [2.05, 4.69) is 75.9 Å². The molecule has 0 bridgehead atoms. The summed E-state index contributed by atoms with van der Waals surface area (Å²) in [7, 11) is 0. The number of nitrogens with one attached hydrogen (secondary N) is 1. The van der Waals surface area contributed by atoms with E-state index in [9.17, 15) is 0 Å². The fourth-order valence-corrected chi connectivity index (χ4v) is 3.91. The molecule has 144 valence electrons. The molecule has 2 aromatic carbocycles. The first-order chi connectivity index (χ1) is 13.8. The number of benzene rings is 2. The molecule has 1 aliphatic heterocycles. The molecule has 0 spiro atoms. The zero-order valence-electron chi connectivity index (χ0n) is 16.5. The lowest BCUT2D eigenvalue weighted by atomic mass is 9.90. The second-order valence-electron chi connectivity index (χ2n) is 7.62. The predicted octanol–water partition coefficient (Wildman–Crippen LogP) is 4.86. The normalized spacial score (nSPS) is 14.8. The van der Waals surface area contributed by atoms with Crippen LogP contribution < -0.4 is 10.2 Å². The van der Waals surface area contributed by atoms with Crippen LogP contribution in [-0.2, 0) is 13.0 Å². The number of nitrogens with zero attached hydrogens (tertiary/aromatic N) is 3. The summed E-state index contributed by atoms with van der Waals surface area (Å²) in [6.07, 6.45) is 3.61. The van der Waals surface area contributed by atoms with Crippen LogP contribution in [0.1, 0.15) is 29.8 Å². The van der Waals surface area contributed by atoms with E-state index in [-0.39, 0.29) is 0 Å². The fraction of sp³-hybridized carbons (Fsp3) is 0.333. The highest BCUT2D eigenvalue weighted by atomic mass is 15.2. The number of aromatic nitrogens is 2. The van der Waals surface area contributed by atoms with Crippen LogP contribution in [-0.4, -0.2) is 23.1 Å². The van der Waals surface area contributed by atoms with Gasteiger partial charge in [0, 0.05) is 25.7 Å². The number of anilines is 2. The van der Waals surface area contributed by atoms with Crippen LogP contribution in [0.2, 0.25) is 0 Å². The van der Waals surface area contributed by atoms with Gasteiger partial charge in [0.15, 0.2) is 0 Å². The molecule has 3 aromatic rings. The lowest BCUT2D eigenvalue weighted by Crippen LogP contribution is -2.35. The lowest BCUT2D eigenvalue weighted by Gasteiger charge is -2.33. The smallest absolute Gasteiger partial charge is 0.134 e. The Morgan fingerprint density at radius 1 is 0.893 bits per heavy atom. The molecular weight excluding hydrogens is 344 g/mol. The van der Waals surface area contributed by atoms with E-state index in [0.717, 1.165) is 43.0 Å². The van der Waals surface area contributed by atoms with Gasteiger partial charge in [-0.15, -0.1) is 0 Å². The van der Waals surface area contributed by atoms with E-state index in [4.69, 9.17) is 4.98 Å². The van der Waals surface area contributed by atoms with Crippen LogP contribution in [0.15, 0.2) is 66.7 Å². The van der Waals surface area contributed by atoms with Gasteiger partial charge >= 0.3 is 0 Å². The van der Waals surface area contributed by atoms with E-state index in [1.165, 1.54) is 30.4 Å². The topological polar surface area (TPSA) is 41.1 Å². The number of rotatable bonds is 6. The molecule has 1 aliphatic rings. The van der Waals surface area contributed by atoms with Gasteiger partial charge in [-0.1, -0.05) is 60.7 Å². The maximum atomic E-state index is 4.70. The monoisotopic (exact) mass is 372 g/mol. The van der Waals surface area contributed by atoms with Gasteiger partial charge in [-0.3, -0.25) is 0 Å². The third-order valence-electron chi connectivity index (χ3n) is 5.45. The summed E-state index contributed by atoms with van der Waals surface area (Å²) in [5.74, 6) is 3.52. The molecule has 1 saturated heterocycles. The molecular formula is C24H28N4. The average molecular weight is 373 g/mol. The van der Waals surface area contributed by atoms with Crippen molar-refractivity contribution < 1.29 is 0 Å². The summed E-state index contributed by atoms with van der Waals surface area (Å²) in [6.45, 7) is 4.87. The Labute approximate surface area is 167 Å². The molecule has 0 unspecified atom stereocenters. The first-order valence-electron chi connectivity index (χ1n) is 10.2. The molecule has 1 N–H and O–H groups in total. The van der Waals surface area contributed by atoms with Crippen molar-refractivity contribution in [2.75, 3.05) is 23.3 Å². The SMILES string of the molecule is Cc1nc(NCc2ccccc2)cc(N2CCC(Cc3ccccc3)CC2)n1. The van der Waals surface area contributed by atoms with Gasteiger partial charge < -0.3 is 10.2 Å². The van der Waals surface area contributed by atoms with Crippen molar-refractivity contribution >= 4 is 11.6 Å². The second kappa shape index (κ2) is 8.87. The van der Waals surface area contributed by atoms with Gasteiger partial charge in [0.2, 0.25) is 0 Å². The summed E-state index contributed by atoms with van der Waals surface area (Å²) in [4.78, 5) is 11.7. The van der Waals surface area contributed by atoms with Crippen molar-refractivity contribution in [3.8, 4) is 0 Å². The summed E-state index contributed by atoms with van der Waals surface area (Å²) in [5.41, 5.74) is 2.70. The number of hydrogen-bond donors (Lipinski definition) is 1. The molecule has 0 amide bonds. The standard InChI is InChI=1S/C24H28N4/c1-19-26-23(25-18-22-10-6-3-7-11-22)17-24(27-19)28-14-12-21(13-15-28)16-20-8-4-2-5-9-20/h2-11,17,21H,12-16,18H2,1H3,(H,25,26,27). The molecule has 1 aromatic heterocycles. The Morgan fingerprint density at radius 3 is 2.21 bits per heavy atom. The highest BCUT2D eigenvalue weighted by molar-refractivity contribution is 5.50. The van der Waals surface area contributed by atoms with Crippen LogP contribution in [0.25, 0.3) is 0 Å². The van der Waals surface area contributed by atoms with Crippen molar-refractivity contribution in [2.24, 2.45) is 5.92 Å². The molecule has 0 aliphatic carbocycles. The third-order valence-corrected chi connectivity index (χ3v) is 5.45. The van der Waals surface area contributed by atoms with Gasteiger partial charge in [0.25, 0.3) is 0 Å². The van der Waals surface area contributed by atoms with Crippen molar-refractivity contribution in [1.82, 2.24) is 9.97 Å². The third kappa shape index (κ3) is 4.89. The second-order valence-corrected chi connectivity index (χ2v) is 7.62. The fourth-order valence-electron chi connectivity index (χ4n) is 3.91. The van der Waals surface area contributed by atoms with E-state index < -0.39 is 0 Å². The molecule has 28 heavy (non-hydrogen) atoms. The Kier molecular flexibility index (Phi) is 5.86. The van der Waals surface area contributed by atoms with Crippen molar-refractivity contribution in [3.05, 3.63) is 83.7 Å². The van der Waals surface area contributed by atoms with E-state index in [0.29, 0.717) is 0 Å². The summed E-state index contributed by atoms with van der Waals surface area (Å²) in [5, 5.41) is 3.44. The summed E-state index contributed by atoms with van der Waals surface area (Å²) >= 11 is 0. The molecule has 0 saturated carbocycles. The largest absolute Gasteiger partial charge is 0.366 e. The molecule has 0 radical (unpaired) electrons. The molecule has 1 fully saturated rings. The molecule has 4 heteroatoms. The number of hydrogen-bond acceptors (Lipinski definition) is 4. The molecule has 4 rings (SSSR count). The summed E-state index contributed by atoms with van der Waals surface area (Å²) in [6, 6.07) is 23.4. The average Bonchev–Trinajstić information content (AvgIpc) is 2.74. The van der Waals surface area contributed by atoms with E-state index in [1.807, 2.05) is 13.0 Å². The van der Waals surface area contributed by atoms with Gasteiger partial charge in [-0.25, -0.2) is 9.97 Å². The first-order valence-corrected chi connectivity index (χ1v) is 10.2. The predicted molar refractivity (Wildman–Crippen MR) is 116 cm³/mol. The number of aryl methyl sites for hydroxylation is 1. The van der Waals surface area contributed by atoms with Crippen LogP contribution in [0, 0.1) is 12.8 Å². The van der Waals surface area contributed by atoms with Gasteiger partial charge in [0.05, 0.1) is 0 Å². The minimum atomic E-state index is 0.761. The zero-order valence-corrected chi connectivity index (χ0v) is 16.5. The highest BCUT2D eigenvalue weighted by Crippen LogP contribution is 2.26. The zero-order chi connectivity index (χ0) is 19.2. The Hall–Kier alpha value is -2.88. The first kappa shape index (κ1) is 18.5. The Morgan fingerprint density at radius 2 is 1.54 bits per heavy atom. The minimum Gasteiger partial charge on any atom is -0.366 e. The Balaban J connectivity index is 1.36. The maximum absolute atomic E-state index is 4.70. The number of piperidine rings is 1. The van der Waals surface area contributed by atoms with Crippen LogP contribution in [0.5, 0.6) is 0 Å². The van der Waals surface area contributed by atoms with Gasteiger partial charge in [0.1, 0.15) is 17.5 Å². The molecule has 2 heterocycles. The van der Waals surface area contributed by atoms with Crippen molar-refractivity contribution in [3.63, 3.8) is 0 Å². The van der Waals surface area contributed by atoms with Crippen LogP contribution in [0.3, 0.4) is 0 Å².